The molecule has 1 N–H and O–H groups in total. The highest BCUT2D eigenvalue weighted by molar-refractivity contribution is 6.35. The fraction of sp³-hybridized carbons (Fsp3) is 0.467. The van der Waals surface area contributed by atoms with E-state index in [1.807, 2.05) is 0 Å². The first-order chi connectivity index (χ1) is 10.5. The predicted molar refractivity (Wildman–Crippen MR) is 83.0 cm³/mol. The van der Waals surface area contributed by atoms with E-state index in [0.717, 1.165) is 12.0 Å². The van der Waals surface area contributed by atoms with Crippen LogP contribution in [0.3, 0.4) is 0 Å². The number of halogens is 2. The summed E-state index contributed by atoms with van der Waals surface area (Å²) < 4.78 is 10.1. The molecule has 120 valence electrons. The molecule has 0 aliphatic carbocycles. The summed E-state index contributed by atoms with van der Waals surface area (Å²) in [5.74, 6) is -0.894. The van der Waals surface area contributed by atoms with Gasteiger partial charge in [-0.15, -0.1) is 0 Å². The van der Waals surface area contributed by atoms with Gasteiger partial charge < -0.3 is 14.8 Å². The third-order valence-electron chi connectivity index (χ3n) is 3.34. The van der Waals surface area contributed by atoms with E-state index >= 15 is 0 Å². The normalized spacial score (nSPS) is 18.8. The molecule has 1 heterocycles. The zero-order valence-electron chi connectivity index (χ0n) is 12.1. The molecule has 5 nitrogen and oxygen atoms in total. The van der Waals surface area contributed by atoms with E-state index in [4.69, 9.17) is 32.7 Å². The van der Waals surface area contributed by atoms with Gasteiger partial charge in [-0.3, -0.25) is 4.79 Å². The molecule has 1 aromatic carbocycles. The molecule has 0 spiro atoms. The Bertz CT molecular complexity index is 558. The van der Waals surface area contributed by atoms with Crippen LogP contribution in [0.1, 0.15) is 31.4 Å². The van der Waals surface area contributed by atoms with E-state index in [0.29, 0.717) is 23.1 Å². The molecular weight excluding hydrogens is 329 g/mol. The van der Waals surface area contributed by atoms with Crippen molar-refractivity contribution in [2.24, 2.45) is 0 Å². The SMILES string of the molecule is C[C@H](NC(=O)COC(=O)[C@@H]1CCCO1)c1ccc(Cl)cc1Cl. The number of ether oxygens (including phenoxy) is 2. The van der Waals surface area contributed by atoms with Gasteiger partial charge in [-0.05, 0) is 37.5 Å². The van der Waals surface area contributed by atoms with Crippen molar-refractivity contribution < 1.29 is 19.1 Å². The number of rotatable bonds is 5. The lowest BCUT2D eigenvalue weighted by atomic mass is 10.1. The third kappa shape index (κ3) is 4.60. The van der Waals surface area contributed by atoms with Gasteiger partial charge in [-0.2, -0.15) is 0 Å². The Hall–Kier alpha value is -1.30. The van der Waals surface area contributed by atoms with Crippen molar-refractivity contribution in [1.82, 2.24) is 5.32 Å². The van der Waals surface area contributed by atoms with E-state index in [9.17, 15) is 9.59 Å². The minimum absolute atomic E-state index is 0.321. The molecule has 0 radical (unpaired) electrons. The van der Waals surface area contributed by atoms with Crippen LogP contribution in [0.15, 0.2) is 18.2 Å². The maximum Gasteiger partial charge on any atom is 0.335 e. The van der Waals surface area contributed by atoms with Crippen molar-refractivity contribution in [1.29, 1.82) is 0 Å². The summed E-state index contributed by atoms with van der Waals surface area (Å²) in [6.45, 7) is 2.00. The number of carbonyl (C=O) groups excluding carboxylic acids is 2. The molecule has 2 atom stereocenters. The minimum Gasteiger partial charge on any atom is -0.454 e. The van der Waals surface area contributed by atoms with Gasteiger partial charge in [0.05, 0.1) is 6.04 Å². The second kappa shape index (κ2) is 7.81. The maximum atomic E-state index is 11.8. The van der Waals surface area contributed by atoms with Crippen LogP contribution in [0.25, 0.3) is 0 Å². The first-order valence-electron chi connectivity index (χ1n) is 7.00. The lowest BCUT2D eigenvalue weighted by molar-refractivity contribution is -0.157. The summed E-state index contributed by atoms with van der Waals surface area (Å²) >= 11 is 11.9. The van der Waals surface area contributed by atoms with Gasteiger partial charge in [0.15, 0.2) is 12.7 Å². The topological polar surface area (TPSA) is 64.6 Å². The number of amides is 1. The standard InChI is InChI=1S/C15H17Cl2NO4/c1-9(11-5-4-10(16)7-12(11)17)18-14(19)8-22-15(20)13-3-2-6-21-13/h4-5,7,9,13H,2-3,6,8H2,1H3,(H,18,19)/t9-,13-/m0/s1. The highest BCUT2D eigenvalue weighted by Crippen LogP contribution is 2.26. The van der Waals surface area contributed by atoms with Crippen molar-refractivity contribution in [2.45, 2.75) is 31.9 Å². The number of carbonyl (C=O) groups is 2. The Kier molecular flexibility index (Phi) is 6.06. The van der Waals surface area contributed by atoms with Crippen LogP contribution in [0.2, 0.25) is 10.0 Å². The quantitative estimate of drug-likeness (QED) is 0.833. The molecule has 2 rings (SSSR count). The molecule has 0 aromatic heterocycles. The summed E-state index contributed by atoms with van der Waals surface area (Å²) in [5, 5.41) is 3.71. The average molecular weight is 346 g/mol. The number of hydrogen-bond acceptors (Lipinski definition) is 4. The van der Waals surface area contributed by atoms with Crippen LogP contribution < -0.4 is 5.32 Å². The molecule has 1 aliphatic heterocycles. The van der Waals surface area contributed by atoms with E-state index < -0.39 is 18.0 Å². The molecule has 0 bridgehead atoms. The largest absolute Gasteiger partial charge is 0.454 e. The molecular formula is C15H17Cl2NO4. The fourth-order valence-corrected chi connectivity index (χ4v) is 2.78. The summed E-state index contributed by atoms with van der Waals surface area (Å²) in [6, 6.07) is 4.73. The Morgan fingerprint density at radius 1 is 1.45 bits per heavy atom. The zero-order valence-corrected chi connectivity index (χ0v) is 13.6. The van der Waals surface area contributed by atoms with Gasteiger partial charge in [0.2, 0.25) is 0 Å². The highest BCUT2D eigenvalue weighted by Gasteiger charge is 2.25. The van der Waals surface area contributed by atoms with E-state index in [-0.39, 0.29) is 12.6 Å². The Morgan fingerprint density at radius 3 is 2.86 bits per heavy atom. The van der Waals surface area contributed by atoms with Crippen LogP contribution in [-0.4, -0.2) is 31.2 Å². The third-order valence-corrected chi connectivity index (χ3v) is 3.91. The van der Waals surface area contributed by atoms with Crippen LogP contribution in [0, 0.1) is 0 Å². The monoisotopic (exact) mass is 345 g/mol. The predicted octanol–water partition coefficient (Wildman–Crippen LogP) is 2.89. The lowest BCUT2D eigenvalue weighted by Crippen LogP contribution is -2.33. The van der Waals surface area contributed by atoms with Crippen LogP contribution in [-0.2, 0) is 19.1 Å². The van der Waals surface area contributed by atoms with Gasteiger partial charge in [0, 0.05) is 16.7 Å². The van der Waals surface area contributed by atoms with Gasteiger partial charge in [0.1, 0.15) is 0 Å². The van der Waals surface area contributed by atoms with E-state index in [2.05, 4.69) is 5.32 Å². The van der Waals surface area contributed by atoms with Crippen molar-refractivity contribution >= 4 is 35.1 Å². The Balaban J connectivity index is 1.82. The lowest BCUT2D eigenvalue weighted by Gasteiger charge is -2.16. The molecule has 1 aliphatic rings. The summed E-state index contributed by atoms with van der Waals surface area (Å²) in [4.78, 5) is 23.5. The zero-order chi connectivity index (χ0) is 16.1. The Labute approximate surface area is 138 Å². The first kappa shape index (κ1) is 17.1. The summed E-state index contributed by atoms with van der Waals surface area (Å²) in [6.07, 6.45) is 0.922. The van der Waals surface area contributed by atoms with E-state index in [1.54, 1.807) is 25.1 Å². The molecule has 1 fully saturated rings. The number of esters is 1. The molecule has 1 aromatic rings. The maximum absolute atomic E-state index is 11.8. The molecule has 22 heavy (non-hydrogen) atoms. The van der Waals surface area contributed by atoms with Crippen molar-refractivity contribution in [2.75, 3.05) is 13.2 Å². The van der Waals surface area contributed by atoms with Gasteiger partial charge >= 0.3 is 5.97 Å². The molecule has 1 amide bonds. The second-order valence-corrected chi connectivity index (χ2v) is 5.91. The van der Waals surface area contributed by atoms with Crippen molar-refractivity contribution in [3.05, 3.63) is 33.8 Å². The van der Waals surface area contributed by atoms with Gasteiger partial charge in [0.25, 0.3) is 5.91 Å². The minimum atomic E-state index is -0.545. The first-order valence-corrected chi connectivity index (χ1v) is 7.75. The summed E-state index contributed by atoms with van der Waals surface area (Å²) in [7, 11) is 0. The van der Waals surface area contributed by atoms with Crippen LogP contribution in [0.4, 0.5) is 0 Å². The van der Waals surface area contributed by atoms with Gasteiger partial charge in [-0.1, -0.05) is 29.3 Å². The number of nitrogens with one attached hydrogen (secondary N) is 1. The fourth-order valence-electron chi connectivity index (χ4n) is 2.21. The Morgan fingerprint density at radius 2 is 2.23 bits per heavy atom. The molecule has 1 saturated heterocycles. The van der Waals surface area contributed by atoms with Crippen molar-refractivity contribution in [3.8, 4) is 0 Å². The number of hydrogen-bond donors (Lipinski definition) is 1. The van der Waals surface area contributed by atoms with Crippen molar-refractivity contribution in [3.63, 3.8) is 0 Å². The number of benzene rings is 1. The van der Waals surface area contributed by atoms with Crippen LogP contribution >= 0.6 is 23.2 Å². The molecule has 0 unspecified atom stereocenters. The second-order valence-electron chi connectivity index (χ2n) is 5.06. The average Bonchev–Trinajstić information content (AvgIpc) is 2.98. The van der Waals surface area contributed by atoms with Crippen LogP contribution in [0.5, 0.6) is 0 Å². The van der Waals surface area contributed by atoms with Gasteiger partial charge in [-0.25, -0.2) is 4.79 Å². The molecule has 0 saturated carbocycles. The highest BCUT2D eigenvalue weighted by atomic mass is 35.5. The van der Waals surface area contributed by atoms with E-state index in [1.165, 1.54) is 0 Å². The smallest absolute Gasteiger partial charge is 0.335 e. The molecule has 7 heteroatoms. The summed E-state index contributed by atoms with van der Waals surface area (Å²) in [5.41, 5.74) is 0.741.